The molecule has 0 saturated carbocycles. The van der Waals surface area contributed by atoms with Crippen molar-refractivity contribution in [3.05, 3.63) is 29.8 Å². The zero-order chi connectivity index (χ0) is 15.6. The molecule has 6 heteroatoms. The van der Waals surface area contributed by atoms with Gasteiger partial charge in [0, 0.05) is 12.6 Å². The first-order valence-electron chi connectivity index (χ1n) is 6.64. The molecule has 0 spiro atoms. The van der Waals surface area contributed by atoms with Crippen LogP contribution in [0.2, 0.25) is 0 Å². The van der Waals surface area contributed by atoms with Gasteiger partial charge >= 0.3 is 5.97 Å². The van der Waals surface area contributed by atoms with E-state index >= 15 is 0 Å². The van der Waals surface area contributed by atoms with Crippen molar-refractivity contribution < 1.29 is 9.90 Å². The summed E-state index contributed by atoms with van der Waals surface area (Å²) in [7, 11) is 1.84. The summed E-state index contributed by atoms with van der Waals surface area (Å²) in [5.74, 6) is -0.142. The summed E-state index contributed by atoms with van der Waals surface area (Å²) in [5, 5.41) is 17.5. The third-order valence-electron chi connectivity index (χ3n) is 3.17. The topological polar surface area (TPSA) is 68.0 Å². The molecule has 5 nitrogen and oxygen atoms in total. The molecule has 0 aliphatic rings. The van der Waals surface area contributed by atoms with Gasteiger partial charge in [0.2, 0.25) is 0 Å². The number of rotatable bonds is 4. The number of aromatic nitrogens is 3. The van der Waals surface area contributed by atoms with Crippen LogP contribution >= 0.6 is 11.8 Å². The Morgan fingerprint density at radius 2 is 1.86 bits per heavy atom. The number of thioether (sulfide) groups is 1. The predicted molar refractivity (Wildman–Crippen MR) is 83.5 cm³/mol. The minimum Gasteiger partial charge on any atom is -0.481 e. The van der Waals surface area contributed by atoms with Crippen molar-refractivity contribution in [2.75, 3.05) is 5.75 Å². The highest BCUT2D eigenvalue weighted by Gasteiger charge is 2.15. The monoisotopic (exact) mass is 305 g/mol. The van der Waals surface area contributed by atoms with Gasteiger partial charge in [-0.15, -0.1) is 10.2 Å². The lowest BCUT2D eigenvalue weighted by Crippen LogP contribution is -2.10. The van der Waals surface area contributed by atoms with Crippen LogP contribution in [0.3, 0.4) is 0 Å². The van der Waals surface area contributed by atoms with Gasteiger partial charge in [0.1, 0.15) is 0 Å². The quantitative estimate of drug-likeness (QED) is 0.880. The fourth-order valence-electron chi connectivity index (χ4n) is 1.94. The van der Waals surface area contributed by atoms with E-state index < -0.39 is 5.97 Å². The van der Waals surface area contributed by atoms with Gasteiger partial charge in [0.15, 0.2) is 11.0 Å². The van der Waals surface area contributed by atoms with Crippen LogP contribution in [0.5, 0.6) is 0 Å². The van der Waals surface area contributed by atoms with Crippen molar-refractivity contribution >= 4 is 17.7 Å². The van der Waals surface area contributed by atoms with Crippen LogP contribution < -0.4 is 0 Å². The van der Waals surface area contributed by atoms with Gasteiger partial charge in [-0.05, 0) is 11.0 Å². The summed E-state index contributed by atoms with van der Waals surface area (Å²) < 4.78 is 1.82. The SMILES string of the molecule is Cn1c(SCC(=O)O)nnc1-c1ccc(C(C)(C)C)cc1. The largest absolute Gasteiger partial charge is 0.481 e. The van der Waals surface area contributed by atoms with Crippen LogP contribution in [-0.2, 0) is 17.3 Å². The van der Waals surface area contributed by atoms with E-state index in [9.17, 15) is 4.79 Å². The second-order valence-corrected chi connectivity index (χ2v) is 6.82. The van der Waals surface area contributed by atoms with Crippen LogP contribution in [-0.4, -0.2) is 31.6 Å². The summed E-state index contributed by atoms with van der Waals surface area (Å²) in [6.45, 7) is 6.51. The van der Waals surface area contributed by atoms with E-state index in [0.29, 0.717) is 5.16 Å². The molecule has 1 heterocycles. The van der Waals surface area contributed by atoms with Crippen molar-refractivity contribution in [3.63, 3.8) is 0 Å². The minimum atomic E-state index is -0.862. The Kier molecular flexibility index (Phi) is 4.37. The molecule has 1 aromatic carbocycles. The molecular weight excluding hydrogens is 286 g/mol. The summed E-state index contributed by atoms with van der Waals surface area (Å²) >= 11 is 1.17. The van der Waals surface area contributed by atoms with E-state index in [0.717, 1.165) is 11.4 Å². The second kappa shape index (κ2) is 5.89. The molecule has 2 aromatic rings. The molecule has 0 amide bonds. The molecule has 0 atom stereocenters. The van der Waals surface area contributed by atoms with Crippen LogP contribution in [0.15, 0.2) is 29.4 Å². The van der Waals surface area contributed by atoms with Crippen LogP contribution in [0.25, 0.3) is 11.4 Å². The zero-order valence-corrected chi connectivity index (χ0v) is 13.4. The molecule has 0 unspecified atom stereocenters. The van der Waals surface area contributed by atoms with Gasteiger partial charge in [-0.1, -0.05) is 56.8 Å². The number of carbonyl (C=O) groups is 1. The summed E-state index contributed by atoms with van der Waals surface area (Å²) in [6, 6.07) is 8.23. The molecule has 112 valence electrons. The lowest BCUT2D eigenvalue weighted by molar-refractivity contribution is -0.133. The molecule has 0 fully saturated rings. The van der Waals surface area contributed by atoms with Gasteiger partial charge in [0.25, 0.3) is 0 Å². The predicted octanol–water partition coefficient (Wildman–Crippen LogP) is 2.96. The number of hydrogen-bond donors (Lipinski definition) is 1. The Hall–Kier alpha value is -1.82. The minimum absolute atomic E-state index is 0.0189. The number of benzene rings is 1. The van der Waals surface area contributed by atoms with Gasteiger partial charge in [-0.3, -0.25) is 4.79 Å². The molecule has 0 aliphatic carbocycles. The van der Waals surface area contributed by atoms with E-state index in [1.54, 1.807) is 0 Å². The zero-order valence-electron chi connectivity index (χ0n) is 12.6. The van der Waals surface area contributed by atoms with Gasteiger partial charge in [-0.2, -0.15) is 0 Å². The second-order valence-electron chi connectivity index (χ2n) is 5.87. The third kappa shape index (κ3) is 3.64. The highest BCUT2D eigenvalue weighted by Crippen LogP contribution is 2.26. The average molecular weight is 305 g/mol. The van der Waals surface area contributed by atoms with Crippen molar-refractivity contribution in [2.45, 2.75) is 31.3 Å². The number of hydrogen-bond acceptors (Lipinski definition) is 4. The maximum absolute atomic E-state index is 10.6. The van der Waals surface area contributed by atoms with Gasteiger partial charge in [0.05, 0.1) is 5.75 Å². The Bertz CT molecular complexity index is 642. The standard InChI is InChI=1S/C15H19N3O2S/c1-15(2,3)11-7-5-10(6-8-11)13-16-17-14(18(13)4)21-9-12(19)20/h5-8H,9H2,1-4H3,(H,19,20). The maximum atomic E-state index is 10.6. The van der Waals surface area contributed by atoms with Gasteiger partial charge in [-0.25, -0.2) is 0 Å². The van der Waals surface area contributed by atoms with Crippen LogP contribution in [0.1, 0.15) is 26.3 Å². The molecule has 1 aromatic heterocycles. The van der Waals surface area contributed by atoms with Crippen molar-refractivity contribution in [1.29, 1.82) is 0 Å². The molecule has 0 aliphatic heterocycles. The van der Waals surface area contributed by atoms with E-state index in [1.165, 1.54) is 17.3 Å². The van der Waals surface area contributed by atoms with E-state index in [4.69, 9.17) is 5.11 Å². The first-order valence-corrected chi connectivity index (χ1v) is 7.62. The van der Waals surface area contributed by atoms with Crippen LogP contribution in [0.4, 0.5) is 0 Å². The van der Waals surface area contributed by atoms with Crippen molar-refractivity contribution in [2.24, 2.45) is 7.05 Å². The Morgan fingerprint density at radius 1 is 1.24 bits per heavy atom. The lowest BCUT2D eigenvalue weighted by Gasteiger charge is -2.19. The molecule has 2 rings (SSSR count). The van der Waals surface area contributed by atoms with Crippen LogP contribution in [0, 0.1) is 0 Å². The molecular formula is C15H19N3O2S. The Morgan fingerprint density at radius 3 is 2.38 bits per heavy atom. The highest BCUT2D eigenvalue weighted by molar-refractivity contribution is 7.99. The smallest absolute Gasteiger partial charge is 0.313 e. The fraction of sp³-hybridized carbons (Fsp3) is 0.400. The molecule has 0 radical (unpaired) electrons. The molecule has 0 saturated heterocycles. The number of carboxylic acids is 1. The summed E-state index contributed by atoms with van der Waals surface area (Å²) in [5.41, 5.74) is 2.34. The van der Waals surface area contributed by atoms with Crippen molar-refractivity contribution in [3.8, 4) is 11.4 Å². The van der Waals surface area contributed by atoms with E-state index in [1.807, 2.05) is 23.7 Å². The summed E-state index contributed by atoms with van der Waals surface area (Å²) in [6.07, 6.45) is 0. The summed E-state index contributed by atoms with van der Waals surface area (Å²) in [4.78, 5) is 10.6. The number of aliphatic carboxylic acids is 1. The van der Waals surface area contributed by atoms with E-state index in [-0.39, 0.29) is 11.2 Å². The molecule has 0 bridgehead atoms. The number of nitrogens with zero attached hydrogens (tertiary/aromatic N) is 3. The lowest BCUT2D eigenvalue weighted by atomic mass is 9.87. The van der Waals surface area contributed by atoms with Gasteiger partial charge < -0.3 is 9.67 Å². The average Bonchev–Trinajstić information content (AvgIpc) is 2.77. The highest BCUT2D eigenvalue weighted by atomic mass is 32.2. The normalized spacial score (nSPS) is 11.6. The molecule has 1 N–H and O–H groups in total. The Labute approximate surface area is 128 Å². The van der Waals surface area contributed by atoms with E-state index in [2.05, 4.69) is 43.1 Å². The maximum Gasteiger partial charge on any atom is 0.313 e. The Balaban J connectivity index is 2.24. The first-order chi connectivity index (χ1) is 9.79. The fourth-order valence-corrected chi connectivity index (χ4v) is 2.57. The number of carboxylic acid groups (broad SMARTS) is 1. The van der Waals surface area contributed by atoms with Crippen molar-refractivity contribution in [1.82, 2.24) is 14.8 Å². The first kappa shape index (κ1) is 15.6. The third-order valence-corrected chi connectivity index (χ3v) is 4.17. The molecule has 21 heavy (non-hydrogen) atoms.